The third kappa shape index (κ3) is 10.1. The first-order chi connectivity index (χ1) is 7.98. The molecule has 17 heavy (non-hydrogen) atoms. The van der Waals surface area contributed by atoms with Gasteiger partial charge < -0.3 is 4.74 Å². The molecule has 2 nitrogen and oxygen atoms in total. The highest BCUT2D eigenvalue weighted by Crippen LogP contribution is 2.16. The standard InChI is InChI=1S/C12H20F3O2/c1-2-3-4-5-6-7-8-9-10-17-11(16)12(13,14)15/h1-10H2. The van der Waals surface area contributed by atoms with Crippen molar-refractivity contribution < 1.29 is 22.7 Å². The number of carbonyl (C=O) groups excluding carboxylic acids is 1. The van der Waals surface area contributed by atoms with Crippen molar-refractivity contribution in [2.24, 2.45) is 0 Å². The van der Waals surface area contributed by atoms with Crippen LogP contribution in [-0.2, 0) is 9.53 Å². The molecule has 0 N–H and O–H groups in total. The first-order valence-corrected chi connectivity index (χ1v) is 6.01. The molecule has 0 spiro atoms. The van der Waals surface area contributed by atoms with E-state index in [-0.39, 0.29) is 6.61 Å². The van der Waals surface area contributed by atoms with Gasteiger partial charge >= 0.3 is 12.1 Å². The lowest BCUT2D eigenvalue weighted by Gasteiger charge is -2.06. The normalized spacial score (nSPS) is 11.5. The average Bonchev–Trinajstić information content (AvgIpc) is 2.25. The van der Waals surface area contributed by atoms with E-state index in [0.29, 0.717) is 6.42 Å². The van der Waals surface area contributed by atoms with E-state index in [0.717, 1.165) is 44.9 Å². The van der Waals surface area contributed by atoms with Crippen LogP contribution in [-0.4, -0.2) is 18.8 Å². The van der Waals surface area contributed by atoms with Crippen molar-refractivity contribution in [2.45, 2.75) is 57.5 Å². The summed E-state index contributed by atoms with van der Waals surface area (Å²) in [6.07, 6.45) is 2.86. The molecule has 0 heterocycles. The van der Waals surface area contributed by atoms with Gasteiger partial charge in [-0.1, -0.05) is 51.9 Å². The predicted octanol–water partition coefficient (Wildman–Crippen LogP) is 4.05. The van der Waals surface area contributed by atoms with Crippen molar-refractivity contribution in [2.75, 3.05) is 6.61 Å². The largest absolute Gasteiger partial charge is 0.490 e. The van der Waals surface area contributed by atoms with Crippen LogP contribution in [0.2, 0.25) is 0 Å². The first-order valence-electron chi connectivity index (χ1n) is 6.01. The Kier molecular flexibility index (Phi) is 8.90. The second kappa shape index (κ2) is 9.31. The number of halogens is 3. The van der Waals surface area contributed by atoms with Crippen LogP contribution in [0.5, 0.6) is 0 Å². The third-order valence-corrected chi connectivity index (χ3v) is 2.36. The Morgan fingerprint density at radius 1 is 0.941 bits per heavy atom. The molecule has 0 saturated heterocycles. The molecule has 0 aromatic rings. The minimum absolute atomic E-state index is 0.142. The van der Waals surface area contributed by atoms with Crippen LogP contribution in [0.3, 0.4) is 0 Å². The molecule has 1 radical (unpaired) electrons. The smallest absolute Gasteiger partial charge is 0.459 e. The summed E-state index contributed by atoms with van der Waals surface area (Å²) in [5, 5.41) is 0. The molecule has 0 aliphatic heterocycles. The van der Waals surface area contributed by atoms with Gasteiger partial charge in [0.25, 0.3) is 0 Å². The van der Waals surface area contributed by atoms with Gasteiger partial charge in [-0.05, 0) is 6.42 Å². The number of alkyl halides is 3. The van der Waals surface area contributed by atoms with Crippen LogP contribution in [0.15, 0.2) is 0 Å². The van der Waals surface area contributed by atoms with Crippen LogP contribution in [0.1, 0.15) is 51.4 Å². The third-order valence-electron chi connectivity index (χ3n) is 2.36. The molecule has 0 saturated carbocycles. The summed E-state index contributed by atoms with van der Waals surface area (Å²) >= 11 is 0. The Morgan fingerprint density at radius 2 is 1.41 bits per heavy atom. The molecule has 0 bridgehead atoms. The molecule has 0 aromatic carbocycles. The second-order valence-electron chi connectivity index (χ2n) is 3.96. The highest BCUT2D eigenvalue weighted by molar-refractivity contribution is 5.75. The average molecular weight is 253 g/mol. The summed E-state index contributed by atoms with van der Waals surface area (Å²) in [7, 11) is 0. The van der Waals surface area contributed by atoms with Gasteiger partial charge in [-0.2, -0.15) is 13.2 Å². The fourth-order valence-electron chi connectivity index (χ4n) is 1.41. The lowest BCUT2D eigenvalue weighted by molar-refractivity contribution is -0.199. The van der Waals surface area contributed by atoms with Crippen molar-refractivity contribution in [3.63, 3.8) is 0 Å². The molecule has 0 aliphatic rings. The number of unbranched alkanes of at least 4 members (excludes halogenated alkanes) is 7. The van der Waals surface area contributed by atoms with E-state index in [9.17, 15) is 18.0 Å². The van der Waals surface area contributed by atoms with Crippen LogP contribution in [0.4, 0.5) is 13.2 Å². The summed E-state index contributed by atoms with van der Waals surface area (Å²) in [4.78, 5) is 10.3. The van der Waals surface area contributed by atoms with E-state index in [2.05, 4.69) is 11.7 Å². The van der Waals surface area contributed by atoms with Crippen molar-refractivity contribution >= 4 is 5.97 Å². The number of hydrogen-bond donors (Lipinski definition) is 0. The van der Waals surface area contributed by atoms with Crippen molar-refractivity contribution in [1.29, 1.82) is 0 Å². The Labute approximate surface area is 101 Å². The maximum absolute atomic E-state index is 11.7. The highest BCUT2D eigenvalue weighted by atomic mass is 19.4. The summed E-state index contributed by atoms with van der Waals surface area (Å²) in [6.45, 7) is 3.60. The zero-order valence-electron chi connectivity index (χ0n) is 10.0. The summed E-state index contributed by atoms with van der Waals surface area (Å²) in [5.74, 6) is -2.09. The molecule has 0 fully saturated rings. The van der Waals surface area contributed by atoms with E-state index in [1.165, 1.54) is 0 Å². The van der Waals surface area contributed by atoms with Gasteiger partial charge in [-0.3, -0.25) is 0 Å². The first kappa shape index (κ1) is 16.3. The molecule has 0 rings (SSSR count). The number of carbonyl (C=O) groups is 1. The van der Waals surface area contributed by atoms with Crippen LogP contribution < -0.4 is 0 Å². The number of rotatable bonds is 9. The Bertz CT molecular complexity index is 202. The molecule has 5 heteroatoms. The molecule has 0 unspecified atom stereocenters. The van der Waals surface area contributed by atoms with Crippen LogP contribution >= 0.6 is 0 Å². The lowest BCUT2D eigenvalue weighted by atomic mass is 10.1. The summed E-state index contributed by atoms with van der Waals surface area (Å²) in [6, 6.07) is 0. The van der Waals surface area contributed by atoms with E-state index < -0.39 is 12.1 Å². The van der Waals surface area contributed by atoms with Gasteiger partial charge in [-0.25, -0.2) is 4.79 Å². The lowest BCUT2D eigenvalue weighted by Crippen LogP contribution is -2.25. The Hall–Kier alpha value is -0.740. The quantitative estimate of drug-likeness (QED) is 0.458. The fourth-order valence-corrected chi connectivity index (χ4v) is 1.41. The maximum atomic E-state index is 11.7. The molecule has 0 aromatic heterocycles. The van der Waals surface area contributed by atoms with Gasteiger partial charge in [0, 0.05) is 0 Å². The van der Waals surface area contributed by atoms with Gasteiger partial charge in [0.1, 0.15) is 0 Å². The Balaban J connectivity index is 3.22. The number of hydrogen-bond acceptors (Lipinski definition) is 2. The Morgan fingerprint density at radius 3 is 1.88 bits per heavy atom. The van der Waals surface area contributed by atoms with E-state index in [4.69, 9.17) is 0 Å². The molecule has 0 amide bonds. The van der Waals surface area contributed by atoms with E-state index in [1.54, 1.807) is 0 Å². The highest BCUT2D eigenvalue weighted by Gasteiger charge is 2.40. The molecular weight excluding hydrogens is 233 g/mol. The predicted molar refractivity (Wildman–Crippen MR) is 59.3 cm³/mol. The van der Waals surface area contributed by atoms with E-state index in [1.807, 2.05) is 0 Å². The maximum Gasteiger partial charge on any atom is 0.490 e. The SMILES string of the molecule is [CH2]CCCCCCCCCOC(=O)C(F)(F)F. The zero-order chi connectivity index (χ0) is 13.1. The molecule has 0 atom stereocenters. The minimum Gasteiger partial charge on any atom is -0.459 e. The number of esters is 1. The summed E-state index contributed by atoms with van der Waals surface area (Å²) < 4.78 is 39.2. The van der Waals surface area contributed by atoms with E-state index >= 15 is 0 Å². The van der Waals surface area contributed by atoms with Crippen molar-refractivity contribution in [3.05, 3.63) is 6.92 Å². The fraction of sp³-hybridized carbons (Fsp3) is 0.833. The van der Waals surface area contributed by atoms with Gasteiger partial charge in [-0.15, -0.1) is 0 Å². The van der Waals surface area contributed by atoms with Gasteiger partial charge in [0.15, 0.2) is 0 Å². The van der Waals surface area contributed by atoms with Crippen molar-refractivity contribution in [1.82, 2.24) is 0 Å². The zero-order valence-corrected chi connectivity index (χ0v) is 10.0. The second-order valence-corrected chi connectivity index (χ2v) is 3.96. The van der Waals surface area contributed by atoms with Crippen LogP contribution in [0, 0.1) is 6.92 Å². The molecular formula is C12H20F3O2. The minimum atomic E-state index is -4.87. The van der Waals surface area contributed by atoms with Crippen molar-refractivity contribution in [3.8, 4) is 0 Å². The topological polar surface area (TPSA) is 26.3 Å². The monoisotopic (exact) mass is 253 g/mol. The van der Waals surface area contributed by atoms with Gasteiger partial charge in [0.05, 0.1) is 6.61 Å². The summed E-state index contributed by atoms with van der Waals surface area (Å²) in [5.41, 5.74) is 0. The molecule has 0 aliphatic carbocycles. The number of ether oxygens (including phenoxy) is 1. The van der Waals surface area contributed by atoms with Crippen LogP contribution in [0.25, 0.3) is 0 Å². The molecule has 101 valence electrons. The van der Waals surface area contributed by atoms with Gasteiger partial charge in [0.2, 0.25) is 0 Å².